The highest BCUT2D eigenvalue weighted by atomic mass is 32.2. The molecule has 0 bridgehead atoms. The molecule has 5 nitrogen and oxygen atoms in total. The zero-order valence-corrected chi connectivity index (χ0v) is 15.8. The summed E-state index contributed by atoms with van der Waals surface area (Å²) in [5.41, 5.74) is 1.85. The second kappa shape index (κ2) is 7.48. The van der Waals surface area contributed by atoms with Crippen LogP contribution in [0.3, 0.4) is 0 Å². The number of hydrogen-bond donors (Lipinski definition) is 0. The number of amides is 1. The second-order valence-corrected chi connectivity index (χ2v) is 7.55. The quantitative estimate of drug-likeness (QED) is 0.642. The maximum absolute atomic E-state index is 12.8. The number of fused-ring (bicyclic) bond motifs is 2. The summed E-state index contributed by atoms with van der Waals surface area (Å²) in [4.78, 5) is 27.3. The summed E-state index contributed by atoms with van der Waals surface area (Å²) in [6.07, 6.45) is 0.936. The average Bonchev–Trinajstić information content (AvgIpc) is 2.88. The fraction of sp³-hybridized carbons (Fsp3) is 0.238. The van der Waals surface area contributed by atoms with Crippen LogP contribution in [0.2, 0.25) is 0 Å². The SMILES string of the molecule is Cc1cc(=O)oc2cc(OCC(=O)N3CCCSc4ccccc43)ccc12. The highest BCUT2D eigenvalue weighted by molar-refractivity contribution is 7.99. The van der Waals surface area contributed by atoms with E-state index in [-0.39, 0.29) is 12.5 Å². The van der Waals surface area contributed by atoms with E-state index in [1.54, 1.807) is 28.8 Å². The van der Waals surface area contributed by atoms with Crippen molar-refractivity contribution in [1.29, 1.82) is 0 Å². The highest BCUT2D eigenvalue weighted by Gasteiger charge is 2.21. The molecule has 0 N–H and O–H groups in total. The lowest BCUT2D eigenvalue weighted by molar-refractivity contribution is -0.120. The number of carbonyl (C=O) groups is 1. The molecule has 0 spiro atoms. The molecule has 27 heavy (non-hydrogen) atoms. The van der Waals surface area contributed by atoms with Crippen molar-refractivity contribution in [3.05, 3.63) is 64.5 Å². The third kappa shape index (κ3) is 3.71. The molecule has 1 aliphatic rings. The predicted octanol–water partition coefficient (Wildman–Crippen LogP) is 4.01. The summed E-state index contributed by atoms with van der Waals surface area (Å²) in [6, 6.07) is 14.7. The number of para-hydroxylation sites is 1. The van der Waals surface area contributed by atoms with Crippen molar-refractivity contribution < 1.29 is 13.9 Å². The molecule has 138 valence electrons. The fourth-order valence-electron chi connectivity index (χ4n) is 3.20. The molecule has 0 unspecified atom stereocenters. The van der Waals surface area contributed by atoms with Gasteiger partial charge in [0, 0.05) is 29.0 Å². The monoisotopic (exact) mass is 381 g/mol. The van der Waals surface area contributed by atoms with E-state index in [1.807, 2.05) is 37.3 Å². The first-order valence-electron chi connectivity index (χ1n) is 8.81. The number of aryl methyl sites for hydroxylation is 1. The number of carbonyl (C=O) groups excluding carboxylic acids is 1. The van der Waals surface area contributed by atoms with Gasteiger partial charge in [-0.3, -0.25) is 4.79 Å². The number of rotatable bonds is 3. The van der Waals surface area contributed by atoms with Gasteiger partial charge in [-0.1, -0.05) is 12.1 Å². The lowest BCUT2D eigenvalue weighted by Gasteiger charge is -2.22. The van der Waals surface area contributed by atoms with Gasteiger partial charge in [-0.15, -0.1) is 11.8 Å². The van der Waals surface area contributed by atoms with E-state index < -0.39 is 5.63 Å². The summed E-state index contributed by atoms with van der Waals surface area (Å²) in [7, 11) is 0. The van der Waals surface area contributed by atoms with Gasteiger partial charge in [0.2, 0.25) is 0 Å². The Labute approximate surface area is 160 Å². The van der Waals surface area contributed by atoms with Crippen molar-refractivity contribution in [2.24, 2.45) is 0 Å². The molecule has 1 amide bonds. The number of nitrogens with zero attached hydrogens (tertiary/aromatic N) is 1. The van der Waals surface area contributed by atoms with Crippen molar-refractivity contribution in [1.82, 2.24) is 0 Å². The molecule has 1 aromatic heterocycles. The molecular formula is C21H19NO4S. The van der Waals surface area contributed by atoms with Crippen LogP contribution in [0.15, 0.2) is 62.6 Å². The third-order valence-corrected chi connectivity index (χ3v) is 5.67. The Morgan fingerprint density at radius 2 is 2.07 bits per heavy atom. The summed E-state index contributed by atoms with van der Waals surface area (Å²) in [5.74, 6) is 1.41. The molecule has 6 heteroatoms. The van der Waals surface area contributed by atoms with Crippen molar-refractivity contribution in [2.45, 2.75) is 18.2 Å². The van der Waals surface area contributed by atoms with Crippen molar-refractivity contribution in [3.8, 4) is 5.75 Å². The Morgan fingerprint density at radius 3 is 2.96 bits per heavy atom. The fourth-order valence-corrected chi connectivity index (χ4v) is 4.20. The van der Waals surface area contributed by atoms with Crippen LogP contribution in [0, 0.1) is 6.92 Å². The Kier molecular flexibility index (Phi) is 4.90. The van der Waals surface area contributed by atoms with Gasteiger partial charge in [-0.05, 0) is 48.9 Å². The van der Waals surface area contributed by atoms with E-state index in [9.17, 15) is 9.59 Å². The van der Waals surface area contributed by atoms with Crippen molar-refractivity contribution in [3.63, 3.8) is 0 Å². The Morgan fingerprint density at radius 1 is 1.22 bits per heavy atom. The van der Waals surface area contributed by atoms with Gasteiger partial charge in [0.15, 0.2) is 6.61 Å². The number of thioether (sulfide) groups is 1. The molecule has 2 heterocycles. The molecule has 0 saturated carbocycles. The molecule has 0 aliphatic carbocycles. The number of anilines is 1. The zero-order chi connectivity index (χ0) is 18.8. The van der Waals surface area contributed by atoms with Gasteiger partial charge in [0.1, 0.15) is 11.3 Å². The van der Waals surface area contributed by atoms with E-state index in [4.69, 9.17) is 9.15 Å². The van der Waals surface area contributed by atoms with E-state index in [0.717, 1.165) is 33.7 Å². The van der Waals surface area contributed by atoms with Gasteiger partial charge in [-0.2, -0.15) is 0 Å². The summed E-state index contributed by atoms with van der Waals surface area (Å²) in [6.45, 7) is 2.47. The van der Waals surface area contributed by atoms with Gasteiger partial charge >= 0.3 is 5.63 Å². The van der Waals surface area contributed by atoms with Crippen LogP contribution < -0.4 is 15.3 Å². The molecule has 3 aromatic rings. The van der Waals surface area contributed by atoms with E-state index >= 15 is 0 Å². The van der Waals surface area contributed by atoms with E-state index in [0.29, 0.717) is 17.9 Å². The lowest BCUT2D eigenvalue weighted by atomic mass is 10.1. The van der Waals surface area contributed by atoms with E-state index in [1.165, 1.54) is 6.07 Å². The number of benzene rings is 2. The average molecular weight is 381 g/mol. The minimum absolute atomic E-state index is 0.0689. The smallest absolute Gasteiger partial charge is 0.336 e. The lowest BCUT2D eigenvalue weighted by Crippen LogP contribution is -2.35. The number of ether oxygens (including phenoxy) is 1. The normalized spacial score (nSPS) is 13.9. The number of hydrogen-bond acceptors (Lipinski definition) is 5. The molecule has 0 radical (unpaired) electrons. The standard InChI is InChI=1S/C21H19NO4S/c1-14-11-21(24)26-18-12-15(7-8-16(14)18)25-13-20(23)22-9-4-10-27-19-6-3-2-5-17(19)22/h2-3,5-8,11-12H,4,9-10,13H2,1H3. The van der Waals surface area contributed by atoms with Gasteiger partial charge in [-0.25, -0.2) is 4.79 Å². The van der Waals surface area contributed by atoms with Crippen LogP contribution in [-0.2, 0) is 4.79 Å². The van der Waals surface area contributed by atoms with Crippen molar-refractivity contribution >= 4 is 34.3 Å². The van der Waals surface area contributed by atoms with Crippen LogP contribution >= 0.6 is 11.8 Å². The molecule has 0 fully saturated rings. The molecule has 4 rings (SSSR count). The summed E-state index contributed by atoms with van der Waals surface area (Å²) >= 11 is 1.77. The highest BCUT2D eigenvalue weighted by Crippen LogP contribution is 2.33. The first-order valence-corrected chi connectivity index (χ1v) is 9.80. The van der Waals surface area contributed by atoms with Gasteiger partial charge in [0.05, 0.1) is 5.69 Å². The molecule has 2 aromatic carbocycles. The maximum Gasteiger partial charge on any atom is 0.336 e. The summed E-state index contributed by atoms with van der Waals surface area (Å²) < 4.78 is 10.9. The molecular weight excluding hydrogens is 362 g/mol. The van der Waals surface area contributed by atoms with Gasteiger partial charge < -0.3 is 14.1 Å². The molecule has 1 aliphatic heterocycles. The van der Waals surface area contributed by atoms with Gasteiger partial charge in [0.25, 0.3) is 5.91 Å². The van der Waals surface area contributed by atoms with Crippen LogP contribution in [0.4, 0.5) is 5.69 Å². The maximum atomic E-state index is 12.8. The Hall–Kier alpha value is -2.73. The largest absolute Gasteiger partial charge is 0.484 e. The second-order valence-electron chi connectivity index (χ2n) is 6.41. The van der Waals surface area contributed by atoms with Crippen LogP contribution in [0.5, 0.6) is 5.75 Å². The minimum Gasteiger partial charge on any atom is -0.484 e. The zero-order valence-electron chi connectivity index (χ0n) is 14.9. The minimum atomic E-state index is -0.396. The van der Waals surface area contributed by atoms with Crippen LogP contribution in [-0.4, -0.2) is 24.8 Å². The molecule has 0 saturated heterocycles. The first kappa shape index (κ1) is 17.7. The van der Waals surface area contributed by atoms with Crippen LogP contribution in [0.25, 0.3) is 11.0 Å². The Bertz CT molecular complexity index is 1060. The molecule has 0 atom stereocenters. The van der Waals surface area contributed by atoms with Crippen LogP contribution in [0.1, 0.15) is 12.0 Å². The predicted molar refractivity (Wildman–Crippen MR) is 107 cm³/mol. The Balaban J connectivity index is 1.53. The topological polar surface area (TPSA) is 59.8 Å². The first-order chi connectivity index (χ1) is 13.1. The van der Waals surface area contributed by atoms with Crippen molar-refractivity contribution in [2.75, 3.05) is 23.8 Å². The summed E-state index contributed by atoms with van der Waals surface area (Å²) in [5, 5.41) is 0.853. The third-order valence-electron chi connectivity index (χ3n) is 4.53. The van der Waals surface area contributed by atoms with E-state index in [2.05, 4.69) is 0 Å².